The van der Waals surface area contributed by atoms with Crippen molar-refractivity contribution in [3.8, 4) is 0 Å². The Morgan fingerprint density at radius 1 is 1.56 bits per heavy atom. The molecule has 1 aromatic carbocycles. The number of thiophene rings is 1. The first-order valence-electron chi connectivity index (χ1n) is 4.68. The molecule has 0 spiro atoms. The van der Waals surface area contributed by atoms with E-state index in [4.69, 9.17) is 16.3 Å². The predicted octanol–water partition coefficient (Wildman–Crippen LogP) is 3.87. The molecule has 2 rings (SSSR count). The van der Waals surface area contributed by atoms with Gasteiger partial charge in [-0.1, -0.05) is 17.7 Å². The van der Waals surface area contributed by atoms with Crippen LogP contribution in [0.15, 0.2) is 18.2 Å². The predicted molar refractivity (Wildman–Crippen MR) is 62.7 cm³/mol. The molecule has 84 valence electrons. The van der Waals surface area contributed by atoms with Crippen molar-refractivity contribution in [3.63, 3.8) is 0 Å². The van der Waals surface area contributed by atoms with Crippen molar-refractivity contribution in [2.75, 3.05) is 6.61 Å². The van der Waals surface area contributed by atoms with Crippen LogP contribution in [0.5, 0.6) is 0 Å². The molecule has 0 aliphatic rings. The Morgan fingerprint density at radius 3 is 3.00 bits per heavy atom. The van der Waals surface area contributed by atoms with Crippen molar-refractivity contribution in [1.29, 1.82) is 0 Å². The van der Waals surface area contributed by atoms with Crippen LogP contribution in [0.2, 0.25) is 5.02 Å². The monoisotopic (exact) mass is 258 g/mol. The van der Waals surface area contributed by atoms with Crippen molar-refractivity contribution < 1.29 is 13.9 Å². The Labute approximate surface area is 101 Å². The molecule has 0 saturated heterocycles. The number of benzene rings is 1. The second kappa shape index (κ2) is 4.39. The van der Waals surface area contributed by atoms with Gasteiger partial charge in [0.15, 0.2) is 0 Å². The highest BCUT2D eigenvalue weighted by molar-refractivity contribution is 7.21. The van der Waals surface area contributed by atoms with Gasteiger partial charge in [0.1, 0.15) is 10.7 Å². The third kappa shape index (κ3) is 1.90. The molecule has 16 heavy (non-hydrogen) atoms. The van der Waals surface area contributed by atoms with Gasteiger partial charge in [-0.25, -0.2) is 9.18 Å². The molecule has 1 heterocycles. The third-order valence-corrected chi connectivity index (χ3v) is 3.69. The SMILES string of the molecule is CCOC(=O)c1cc2ccc(F)c(Cl)c2s1. The molecule has 2 aromatic rings. The summed E-state index contributed by atoms with van der Waals surface area (Å²) in [6, 6.07) is 4.53. The lowest BCUT2D eigenvalue weighted by Gasteiger charge is -1.96. The second-order valence-electron chi connectivity index (χ2n) is 3.11. The molecule has 1 aromatic heterocycles. The number of fused-ring (bicyclic) bond motifs is 1. The first kappa shape index (κ1) is 11.4. The molecule has 0 bridgehead atoms. The smallest absolute Gasteiger partial charge is 0.348 e. The normalized spacial score (nSPS) is 10.7. The lowest BCUT2D eigenvalue weighted by molar-refractivity contribution is 0.0532. The van der Waals surface area contributed by atoms with E-state index in [1.807, 2.05) is 0 Å². The number of ether oxygens (including phenoxy) is 1. The van der Waals surface area contributed by atoms with Crippen molar-refractivity contribution in [2.24, 2.45) is 0 Å². The Hall–Kier alpha value is -1.13. The Balaban J connectivity index is 2.52. The van der Waals surface area contributed by atoms with Gasteiger partial charge in [-0.05, 0) is 24.4 Å². The molecule has 0 amide bonds. The minimum atomic E-state index is -0.480. The Bertz CT molecular complexity index is 550. The number of carbonyl (C=O) groups is 1. The van der Waals surface area contributed by atoms with E-state index in [0.29, 0.717) is 16.2 Å². The summed E-state index contributed by atoms with van der Waals surface area (Å²) in [4.78, 5) is 11.9. The van der Waals surface area contributed by atoms with E-state index in [-0.39, 0.29) is 5.02 Å². The summed E-state index contributed by atoms with van der Waals surface area (Å²) in [6.07, 6.45) is 0. The highest BCUT2D eigenvalue weighted by atomic mass is 35.5. The summed E-state index contributed by atoms with van der Waals surface area (Å²) in [7, 11) is 0. The molecule has 0 fully saturated rings. The van der Waals surface area contributed by atoms with E-state index in [1.165, 1.54) is 6.07 Å². The van der Waals surface area contributed by atoms with Crippen LogP contribution in [0.1, 0.15) is 16.6 Å². The molecule has 2 nitrogen and oxygen atoms in total. The van der Waals surface area contributed by atoms with E-state index in [1.54, 1.807) is 19.1 Å². The summed E-state index contributed by atoms with van der Waals surface area (Å²) >= 11 is 6.94. The molecule has 0 unspecified atom stereocenters. The summed E-state index contributed by atoms with van der Waals surface area (Å²) in [6.45, 7) is 2.05. The van der Waals surface area contributed by atoms with Crippen LogP contribution in [0.25, 0.3) is 10.1 Å². The quantitative estimate of drug-likeness (QED) is 0.765. The third-order valence-electron chi connectivity index (χ3n) is 2.06. The van der Waals surface area contributed by atoms with Crippen molar-refractivity contribution >= 4 is 39.0 Å². The number of hydrogen-bond acceptors (Lipinski definition) is 3. The molecule has 0 aliphatic carbocycles. The standard InChI is InChI=1S/C11H8ClFO2S/c1-2-15-11(14)8-5-6-3-4-7(13)9(12)10(6)16-8/h3-5H,2H2,1H3. The zero-order chi connectivity index (χ0) is 11.7. The fourth-order valence-electron chi connectivity index (χ4n) is 1.35. The van der Waals surface area contributed by atoms with Gasteiger partial charge in [-0.15, -0.1) is 11.3 Å². The largest absolute Gasteiger partial charge is 0.462 e. The van der Waals surface area contributed by atoms with Crippen LogP contribution in [-0.2, 0) is 4.74 Å². The highest BCUT2D eigenvalue weighted by Crippen LogP contribution is 2.33. The maximum atomic E-state index is 13.2. The summed E-state index contributed by atoms with van der Waals surface area (Å²) in [5, 5.41) is 0.803. The summed E-state index contributed by atoms with van der Waals surface area (Å²) in [5.41, 5.74) is 0. The van der Waals surface area contributed by atoms with Gasteiger partial charge < -0.3 is 4.74 Å². The average Bonchev–Trinajstić information content (AvgIpc) is 2.69. The topological polar surface area (TPSA) is 26.3 Å². The van der Waals surface area contributed by atoms with E-state index in [2.05, 4.69) is 0 Å². The van der Waals surface area contributed by atoms with Gasteiger partial charge in [0, 0.05) is 0 Å². The van der Waals surface area contributed by atoms with Gasteiger partial charge in [0.25, 0.3) is 0 Å². The van der Waals surface area contributed by atoms with Gasteiger partial charge in [0.05, 0.1) is 16.3 Å². The maximum Gasteiger partial charge on any atom is 0.348 e. The van der Waals surface area contributed by atoms with E-state index < -0.39 is 11.8 Å². The number of hydrogen-bond donors (Lipinski definition) is 0. The van der Waals surface area contributed by atoms with E-state index in [0.717, 1.165) is 16.7 Å². The molecule has 0 N–H and O–H groups in total. The van der Waals surface area contributed by atoms with Gasteiger partial charge in [-0.2, -0.15) is 0 Å². The van der Waals surface area contributed by atoms with Crippen LogP contribution in [-0.4, -0.2) is 12.6 Å². The fourth-order valence-corrected chi connectivity index (χ4v) is 2.62. The van der Waals surface area contributed by atoms with Crippen molar-refractivity contribution in [1.82, 2.24) is 0 Å². The van der Waals surface area contributed by atoms with Crippen LogP contribution in [0.3, 0.4) is 0 Å². The molecule has 0 radical (unpaired) electrons. The maximum absolute atomic E-state index is 13.2. The van der Waals surface area contributed by atoms with Crippen LogP contribution >= 0.6 is 22.9 Å². The molecular formula is C11H8ClFO2S. The van der Waals surface area contributed by atoms with Crippen molar-refractivity contribution in [2.45, 2.75) is 6.92 Å². The van der Waals surface area contributed by atoms with Gasteiger partial charge in [0.2, 0.25) is 0 Å². The summed E-state index contributed by atoms with van der Waals surface area (Å²) in [5.74, 6) is -0.883. The fraction of sp³-hybridized carbons (Fsp3) is 0.182. The number of esters is 1. The first-order chi connectivity index (χ1) is 7.63. The van der Waals surface area contributed by atoms with Gasteiger partial charge >= 0.3 is 5.97 Å². The number of rotatable bonds is 2. The van der Waals surface area contributed by atoms with Crippen LogP contribution in [0.4, 0.5) is 4.39 Å². The zero-order valence-corrected chi connectivity index (χ0v) is 9.99. The lowest BCUT2D eigenvalue weighted by atomic mass is 10.2. The van der Waals surface area contributed by atoms with E-state index in [9.17, 15) is 9.18 Å². The van der Waals surface area contributed by atoms with Crippen molar-refractivity contribution in [3.05, 3.63) is 33.9 Å². The minimum absolute atomic E-state index is 0.0537. The summed E-state index contributed by atoms with van der Waals surface area (Å²) < 4.78 is 18.6. The Morgan fingerprint density at radius 2 is 2.31 bits per heavy atom. The first-order valence-corrected chi connectivity index (χ1v) is 5.87. The highest BCUT2D eigenvalue weighted by Gasteiger charge is 2.14. The molecule has 5 heteroatoms. The number of carbonyl (C=O) groups excluding carboxylic acids is 1. The number of halogens is 2. The van der Waals surface area contributed by atoms with Gasteiger partial charge in [-0.3, -0.25) is 0 Å². The second-order valence-corrected chi connectivity index (χ2v) is 4.54. The van der Waals surface area contributed by atoms with E-state index >= 15 is 0 Å². The molecule has 0 atom stereocenters. The lowest BCUT2D eigenvalue weighted by Crippen LogP contribution is -2.01. The molecular weight excluding hydrogens is 251 g/mol. The van der Waals surface area contributed by atoms with Crippen LogP contribution in [0, 0.1) is 5.82 Å². The Kier molecular flexibility index (Phi) is 3.12. The average molecular weight is 259 g/mol. The molecule has 0 aliphatic heterocycles. The zero-order valence-electron chi connectivity index (χ0n) is 8.42. The van der Waals surface area contributed by atoms with Crippen LogP contribution < -0.4 is 0 Å². The minimum Gasteiger partial charge on any atom is -0.462 e. The molecule has 0 saturated carbocycles.